The van der Waals surface area contributed by atoms with E-state index < -0.39 is 11.5 Å². The highest BCUT2D eigenvalue weighted by Gasteiger charge is 2.47. The molecule has 0 bridgehead atoms. The third kappa shape index (κ3) is 2.14. The number of hydrogen-bond donors (Lipinski definition) is 1. The number of nitriles is 1. The average molecular weight is 272 g/mol. The molecule has 0 spiro atoms. The molecule has 0 radical (unpaired) electrons. The normalized spacial score (nSPS) is 21.8. The molecule has 106 valence electrons. The lowest BCUT2D eigenvalue weighted by Crippen LogP contribution is -2.51. The van der Waals surface area contributed by atoms with Crippen molar-refractivity contribution in [2.24, 2.45) is 0 Å². The van der Waals surface area contributed by atoms with E-state index >= 15 is 0 Å². The molecule has 4 heteroatoms. The van der Waals surface area contributed by atoms with Crippen molar-refractivity contribution in [3.63, 3.8) is 0 Å². The Morgan fingerprint density at radius 1 is 1.55 bits per heavy atom. The largest absolute Gasteiger partial charge is 0.479 e. The third-order valence-electron chi connectivity index (χ3n) is 4.18. The molecule has 0 saturated carbocycles. The minimum absolute atomic E-state index is 0.564. The molecule has 1 fully saturated rings. The van der Waals surface area contributed by atoms with Crippen LogP contribution in [-0.2, 0) is 4.79 Å². The van der Waals surface area contributed by atoms with Gasteiger partial charge in [-0.25, -0.2) is 4.79 Å². The van der Waals surface area contributed by atoms with Crippen LogP contribution in [0, 0.1) is 18.3 Å². The summed E-state index contributed by atoms with van der Waals surface area (Å²) in [6.07, 6.45) is 2.93. The molecule has 1 aromatic rings. The van der Waals surface area contributed by atoms with E-state index in [2.05, 4.69) is 6.07 Å². The fourth-order valence-electron chi connectivity index (χ4n) is 3.31. The van der Waals surface area contributed by atoms with E-state index in [1.54, 1.807) is 6.07 Å². The Kier molecular flexibility index (Phi) is 3.99. The molecule has 1 saturated heterocycles. The Balaban J connectivity index is 2.56. The van der Waals surface area contributed by atoms with E-state index in [1.165, 1.54) is 0 Å². The van der Waals surface area contributed by atoms with Crippen LogP contribution in [0.2, 0.25) is 0 Å². The molecule has 0 aliphatic carbocycles. The highest BCUT2D eigenvalue weighted by Crippen LogP contribution is 2.40. The summed E-state index contributed by atoms with van der Waals surface area (Å²) >= 11 is 0. The Morgan fingerprint density at radius 2 is 2.30 bits per heavy atom. The third-order valence-corrected chi connectivity index (χ3v) is 4.18. The molecule has 20 heavy (non-hydrogen) atoms. The standard InChI is InChI=1S/C16H20N2O2/c1-3-8-16(15(19)20)9-5-10-18(16)14-12(2)6-4-7-13(14)11-17/h4,6-7H,3,5,8-10H2,1-2H3,(H,19,20). The van der Waals surface area contributed by atoms with Gasteiger partial charge in [0.15, 0.2) is 0 Å². The molecule has 1 aromatic carbocycles. The van der Waals surface area contributed by atoms with Gasteiger partial charge in [0.25, 0.3) is 0 Å². The molecule has 1 N–H and O–H groups in total. The maximum Gasteiger partial charge on any atom is 0.329 e. The lowest BCUT2D eigenvalue weighted by atomic mass is 9.89. The zero-order valence-electron chi connectivity index (χ0n) is 12.0. The smallest absolute Gasteiger partial charge is 0.329 e. The molecule has 2 rings (SSSR count). The van der Waals surface area contributed by atoms with Crippen molar-refractivity contribution < 1.29 is 9.90 Å². The predicted octanol–water partition coefficient (Wildman–Crippen LogP) is 3.09. The van der Waals surface area contributed by atoms with Gasteiger partial charge in [-0.2, -0.15) is 5.26 Å². The summed E-state index contributed by atoms with van der Waals surface area (Å²) in [5, 5.41) is 19.1. The maximum absolute atomic E-state index is 11.9. The van der Waals surface area contributed by atoms with Gasteiger partial charge in [-0.15, -0.1) is 0 Å². The monoisotopic (exact) mass is 272 g/mol. The topological polar surface area (TPSA) is 64.3 Å². The van der Waals surface area contributed by atoms with Crippen molar-refractivity contribution in [3.8, 4) is 6.07 Å². The summed E-state index contributed by atoms with van der Waals surface area (Å²) in [4.78, 5) is 13.8. The van der Waals surface area contributed by atoms with E-state index in [9.17, 15) is 15.2 Å². The second kappa shape index (κ2) is 5.54. The van der Waals surface area contributed by atoms with Gasteiger partial charge in [0.1, 0.15) is 11.6 Å². The second-order valence-corrected chi connectivity index (χ2v) is 5.42. The van der Waals surface area contributed by atoms with E-state index in [0.29, 0.717) is 24.9 Å². The Morgan fingerprint density at radius 3 is 2.90 bits per heavy atom. The first-order valence-corrected chi connectivity index (χ1v) is 7.07. The fourth-order valence-corrected chi connectivity index (χ4v) is 3.31. The van der Waals surface area contributed by atoms with Gasteiger partial charge in [0.2, 0.25) is 0 Å². The van der Waals surface area contributed by atoms with Crippen LogP contribution in [0.25, 0.3) is 0 Å². The Labute approximate surface area is 119 Å². The molecule has 0 aromatic heterocycles. The molecule has 1 heterocycles. The summed E-state index contributed by atoms with van der Waals surface area (Å²) < 4.78 is 0. The van der Waals surface area contributed by atoms with Crippen LogP contribution in [0.3, 0.4) is 0 Å². The van der Waals surface area contributed by atoms with Gasteiger partial charge in [-0.05, 0) is 37.8 Å². The van der Waals surface area contributed by atoms with Gasteiger partial charge in [-0.3, -0.25) is 0 Å². The molecular formula is C16H20N2O2. The number of benzene rings is 1. The number of carboxylic acids is 1. The minimum Gasteiger partial charge on any atom is -0.479 e. The highest BCUT2D eigenvalue weighted by molar-refractivity contribution is 5.86. The predicted molar refractivity (Wildman–Crippen MR) is 77.7 cm³/mol. The summed E-state index contributed by atoms with van der Waals surface area (Å²) in [5.41, 5.74) is 1.47. The van der Waals surface area contributed by atoms with Crippen LogP contribution in [0.4, 0.5) is 5.69 Å². The number of para-hydroxylation sites is 1. The number of nitrogens with zero attached hydrogens (tertiary/aromatic N) is 2. The number of aliphatic carboxylic acids is 1. The average Bonchev–Trinajstić information content (AvgIpc) is 2.83. The van der Waals surface area contributed by atoms with Crippen LogP contribution >= 0.6 is 0 Å². The van der Waals surface area contributed by atoms with Crippen molar-refractivity contribution in [1.29, 1.82) is 5.26 Å². The Bertz CT molecular complexity index is 562. The van der Waals surface area contributed by atoms with Crippen LogP contribution in [0.1, 0.15) is 43.7 Å². The number of carbonyl (C=O) groups is 1. The summed E-state index contributed by atoms with van der Waals surface area (Å²) in [6, 6.07) is 7.74. The van der Waals surface area contributed by atoms with Gasteiger partial charge < -0.3 is 10.0 Å². The molecule has 1 aliphatic heterocycles. The Hall–Kier alpha value is -2.02. The second-order valence-electron chi connectivity index (χ2n) is 5.42. The van der Waals surface area contributed by atoms with E-state index in [1.807, 2.05) is 30.9 Å². The molecule has 1 atom stereocenters. The summed E-state index contributed by atoms with van der Waals surface area (Å²) in [7, 11) is 0. The summed E-state index contributed by atoms with van der Waals surface area (Å²) in [5.74, 6) is -0.774. The van der Waals surface area contributed by atoms with Crippen molar-refractivity contribution in [2.75, 3.05) is 11.4 Å². The number of carboxylic acid groups (broad SMARTS) is 1. The summed E-state index contributed by atoms with van der Waals surface area (Å²) in [6.45, 7) is 4.64. The zero-order valence-corrected chi connectivity index (χ0v) is 12.0. The first-order chi connectivity index (χ1) is 9.56. The van der Waals surface area contributed by atoms with Crippen molar-refractivity contribution in [3.05, 3.63) is 29.3 Å². The number of aryl methyl sites for hydroxylation is 1. The first-order valence-electron chi connectivity index (χ1n) is 7.07. The fraction of sp³-hybridized carbons (Fsp3) is 0.500. The van der Waals surface area contributed by atoms with Crippen LogP contribution < -0.4 is 4.90 Å². The van der Waals surface area contributed by atoms with E-state index in [0.717, 1.165) is 24.1 Å². The quantitative estimate of drug-likeness (QED) is 0.914. The zero-order chi connectivity index (χ0) is 14.8. The lowest BCUT2D eigenvalue weighted by Gasteiger charge is -2.37. The lowest BCUT2D eigenvalue weighted by molar-refractivity contribution is -0.143. The molecular weight excluding hydrogens is 252 g/mol. The number of rotatable bonds is 4. The maximum atomic E-state index is 11.9. The molecule has 1 aliphatic rings. The molecule has 4 nitrogen and oxygen atoms in total. The SMILES string of the molecule is CCCC1(C(=O)O)CCCN1c1c(C)cccc1C#N. The highest BCUT2D eigenvalue weighted by atomic mass is 16.4. The van der Waals surface area contributed by atoms with Gasteiger partial charge >= 0.3 is 5.97 Å². The van der Waals surface area contributed by atoms with Crippen LogP contribution in [0.5, 0.6) is 0 Å². The number of hydrogen-bond acceptors (Lipinski definition) is 3. The molecule has 1 unspecified atom stereocenters. The van der Waals surface area contributed by atoms with Gasteiger partial charge in [0.05, 0.1) is 11.3 Å². The van der Waals surface area contributed by atoms with Gasteiger partial charge in [-0.1, -0.05) is 25.5 Å². The minimum atomic E-state index is -0.855. The number of anilines is 1. The van der Waals surface area contributed by atoms with Crippen molar-refractivity contribution >= 4 is 11.7 Å². The van der Waals surface area contributed by atoms with Crippen molar-refractivity contribution in [2.45, 2.75) is 45.1 Å². The first kappa shape index (κ1) is 14.4. The molecule has 0 amide bonds. The van der Waals surface area contributed by atoms with Gasteiger partial charge in [0, 0.05) is 6.54 Å². The van der Waals surface area contributed by atoms with Crippen LogP contribution in [-0.4, -0.2) is 23.2 Å². The van der Waals surface area contributed by atoms with Crippen LogP contribution in [0.15, 0.2) is 18.2 Å². The van der Waals surface area contributed by atoms with E-state index in [4.69, 9.17) is 0 Å². The van der Waals surface area contributed by atoms with Crippen molar-refractivity contribution in [1.82, 2.24) is 0 Å². The van der Waals surface area contributed by atoms with E-state index in [-0.39, 0.29) is 0 Å².